The largest absolute Gasteiger partial charge is 0.367 e. The van der Waals surface area contributed by atoms with Gasteiger partial charge < -0.3 is 4.74 Å². The molecule has 8 heteroatoms. The standard InChI is InChI=1S/C8H7ClF4N2O/c9-5-1-2-14-6(15-5)3-16-4-8(12,13)7(10)11/h1-2,7H,3-4H2. The van der Waals surface area contributed by atoms with Gasteiger partial charge in [-0.15, -0.1) is 0 Å². The fourth-order valence-electron chi connectivity index (χ4n) is 0.785. The molecule has 1 rings (SSSR count). The molecule has 90 valence electrons. The fraction of sp³-hybridized carbons (Fsp3) is 0.500. The molecule has 0 aliphatic heterocycles. The molecule has 3 nitrogen and oxygen atoms in total. The van der Waals surface area contributed by atoms with Crippen LogP contribution in [-0.2, 0) is 11.3 Å². The Morgan fingerprint density at radius 1 is 1.44 bits per heavy atom. The maximum absolute atomic E-state index is 12.4. The van der Waals surface area contributed by atoms with Crippen molar-refractivity contribution in [2.24, 2.45) is 0 Å². The Morgan fingerprint density at radius 2 is 2.12 bits per heavy atom. The molecule has 1 heterocycles. The van der Waals surface area contributed by atoms with Crippen molar-refractivity contribution >= 4 is 11.6 Å². The summed E-state index contributed by atoms with van der Waals surface area (Å²) < 4.78 is 52.6. The maximum atomic E-state index is 12.4. The summed E-state index contributed by atoms with van der Waals surface area (Å²) in [6, 6.07) is 1.39. The van der Waals surface area contributed by atoms with Crippen LogP contribution in [0.15, 0.2) is 12.3 Å². The van der Waals surface area contributed by atoms with E-state index in [1.54, 1.807) is 0 Å². The van der Waals surface area contributed by atoms with Gasteiger partial charge in [-0.05, 0) is 6.07 Å². The second kappa shape index (κ2) is 5.40. The van der Waals surface area contributed by atoms with E-state index in [0.717, 1.165) is 0 Å². The van der Waals surface area contributed by atoms with Gasteiger partial charge in [-0.25, -0.2) is 18.7 Å². The molecule has 0 saturated carbocycles. The topological polar surface area (TPSA) is 35.0 Å². The minimum absolute atomic E-state index is 0.0533. The van der Waals surface area contributed by atoms with Crippen LogP contribution in [0.3, 0.4) is 0 Å². The quantitative estimate of drug-likeness (QED) is 0.601. The Hall–Kier alpha value is -0.950. The zero-order chi connectivity index (χ0) is 12.2. The number of halogens is 5. The molecule has 0 saturated heterocycles. The zero-order valence-electron chi connectivity index (χ0n) is 7.84. The average Bonchev–Trinajstić information content (AvgIpc) is 2.17. The van der Waals surface area contributed by atoms with Gasteiger partial charge in [0, 0.05) is 6.20 Å². The van der Waals surface area contributed by atoms with Gasteiger partial charge in [0.25, 0.3) is 0 Å². The fourth-order valence-corrected chi connectivity index (χ4v) is 0.939. The highest BCUT2D eigenvalue weighted by molar-refractivity contribution is 6.29. The number of rotatable bonds is 5. The normalized spacial score (nSPS) is 12.1. The Balaban J connectivity index is 2.42. The molecule has 0 atom stereocenters. The molecule has 1 aromatic heterocycles. The molecule has 1 aromatic rings. The first-order chi connectivity index (χ1) is 7.42. The van der Waals surface area contributed by atoms with E-state index in [1.807, 2.05) is 0 Å². The van der Waals surface area contributed by atoms with Crippen molar-refractivity contribution < 1.29 is 22.3 Å². The van der Waals surface area contributed by atoms with Crippen molar-refractivity contribution in [2.75, 3.05) is 6.61 Å². The van der Waals surface area contributed by atoms with E-state index in [9.17, 15) is 17.6 Å². The highest BCUT2D eigenvalue weighted by Crippen LogP contribution is 2.23. The minimum Gasteiger partial charge on any atom is -0.367 e. The summed E-state index contributed by atoms with van der Waals surface area (Å²) in [5.41, 5.74) is 0. The molecular weight excluding hydrogens is 252 g/mol. The molecule has 0 unspecified atom stereocenters. The van der Waals surface area contributed by atoms with Gasteiger partial charge in [0.05, 0.1) is 0 Å². The van der Waals surface area contributed by atoms with E-state index < -0.39 is 25.6 Å². The van der Waals surface area contributed by atoms with Gasteiger partial charge in [0.15, 0.2) is 5.82 Å². The number of hydrogen-bond acceptors (Lipinski definition) is 3. The molecule has 0 bridgehead atoms. The van der Waals surface area contributed by atoms with Crippen LogP contribution >= 0.6 is 11.6 Å². The third-order valence-electron chi connectivity index (χ3n) is 1.52. The lowest BCUT2D eigenvalue weighted by atomic mass is 10.4. The Bertz CT molecular complexity index is 351. The van der Waals surface area contributed by atoms with Gasteiger partial charge in [0.2, 0.25) is 0 Å². The highest BCUT2D eigenvalue weighted by Gasteiger charge is 2.40. The van der Waals surface area contributed by atoms with Crippen LogP contribution in [0.4, 0.5) is 17.6 Å². The van der Waals surface area contributed by atoms with E-state index in [0.29, 0.717) is 0 Å². The first-order valence-electron chi connectivity index (χ1n) is 4.13. The summed E-state index contributed by atoms with van der Waals surface area (Å²) in [6.45, 7) is -1.79. The van der Waals surface area contributed by atoms with Gasteiger partial charge >= 0.3 is 12.3 Å². The molecule has 0 aliphatic rings. The van der Waals surface area contributed by atoms with Crippen LogP contribution in [-0.4, -0.2) is 28.9 Å². The lowest BCUT2D eigenvalue weighted by molar-refractivity contribution is -0.168. The predicted molar refractivity (Wildman–Crippen MR) is 47.6 cm³/mol. The average molecular weight is 259 g/mol. The highest BCUT2D eigenvalue weighted by atomic mass is 35.5. The lowest BCUT2D eigenvalue weighted by Crippen LogP contribution is -2.32. The summed E-state index contributed by atoms with van der Waals surface area (Å²) in [5, 5.41) is 0.120. The predicted octanol–water partition coefficient (Wildman–Crippen LogP) is 2.55. The van der Waals surface area contributed by atoms with Crippen LogP contribution in [0.2, 0.25) is 5.15 Å². The van der Waals surface area contributed by atoms with Gasteiger partial charge in [-0.1, -0.05) is 11.6 Å². The lowest BCUT2D eigenvalue weighted by Gasteiger charge is -2.14. The van der Waals surface area contributed by atoms with E-state index in [-0.39, 0.29) is 11.0 Å². The van der Waals surface area contributed by atoms with Crippen LogP contribution in [0.5, 0.6) is 0 Å². The second-order valence-electron chi connectivity index (χ2n) is 2.85. The maximum Gasteiger partial charge on any atom is 0.330 e. The van der Waals surface area contributed by atoms with Crippen molar-refractivity contribution in [2.45, 2.75) is 19.0 Å². The van der Waals surface area contributed by atoms with Crippen molar-refractivity contribution in [3.63, 3.8) is 0 Å². The third-order valence-corrected chi connectivity index (χ3v) is 1.73. The molecule has 0 spiro atoms. The third kappa shape index (κ3) is 3.90. The smallest absolute Gasteiger partial charge is 0.330 e. The van der Waals surface area contributed by atoms with Gasteiger partial charge in [-0.2, -0.15) is 8.78 Å². The molecule has 0 N–H and O–H groups in total. The molecule has 0 radical (unpaired) electrons. The number of alkyl halides is 4. The van der Waals surface area contributed by atoms with Crippen molar-refractivity contribution in [1.29, 1.82) is 0 Å². The first kappa shape index (κ1) is 13.1. The molecule has 0 fully saturated rings. The Labute approximate surface area is 93.4 Å². The monoisotopic (exact) mass is 258 g/mol. The Morgan fingerprint density at radius 3 is 2.69 bits per heavy atom. The Kier molecular flexibility index (Phi) is 4.43. The summed E-state index contributed by atoms with van der Waals surface area (Å²) >= 11 is 5.49. The van der Waals surface area contributed by atoms with E-state index in [2.05, 4.69) is 14.7 Å². The number of aromatic nitrogens is 2. The number of nitrogens with zero attached hydrogens (tertiary/aromatic N) is 2. The summed E-state index contributed by atoms with van der Waals surface area (Å²) in [4.78, 5) is 7.29. The van der Waals surface area contributed by atoms with Gasteiger partial charge in [0.1, 0.15) is 18.4 Å². The second-order valence-corrected chi connectivity index (χ2v) is 3.24. The molecule has 0 aromatic carbocycles. The number of ether oxygens (including phenoxy) is 1. The molecule has 0 aliphatic carbocycles. The molecule has 16 heavy (non-hydrogen) atoms. The van der Waals surface area contributed by atoms with Crippen LogP contribution in [0, 0.1) is 0 Å². The minimum atomic E-state index is -4.17. The van der Waals surface area contributed by atoms with Crippen LogP contribution in [0.25, 0.3) is 0 Å². The molecular formula is C8H7ClF4N2O. The van der Waals surface area contributed by atoms with Crippen molar-refractivity contribution in [3.05, 3.63) is 23.2 Å². The zero-order valence-corrected chi connectivity index (χ0v) is 8.59. The number of hydrogen-bond donors (Lipinski definition) is 0. The van der Waals surface area contributed by atoms with Crippen molar-refractivity contribution in [1.82, 2.24) is 9.97 Å². The molecule has 0 amide bonds. The van der Waals surface area contributed by atoms with Crippen molar-refractivity contribution in [3.8, 4) is 0 Å². The first-order valence-corrected chi connectivity index (χ1v) is 4.51. The SMILES string of the molecule is FC(F)C(F)(F)COCc1nccc(Cl)n1. The van der Waals surface area contributed by atoms with Crippen LogP contribution in [0.1, 0.15) is 5.82 Å². The summed E-state index contributed by atoms with van der Waals surface area (Å²) in [5.74, 6) is -4.11. The summed E-state index contributed by atoms with van der Waals surface area (Å²) in [6.07, 6.45) is -2.45. The van der Waals surface area contributed by atoms with Crippen LogP contribution < -0.4 is 0 Å². The van der Waals surface area contributed by atoms with E-state index in [1.165, 1.54) is 12.3 Å². The van der Waals surface area contributed by atoms with E-state index >= 15 is 0 Å². The van der Waals surface area contributed by atoms with Gasteiger partial charge in [-0.3, -0.25) is 0 Å². The van der Waals surface area contributed by atoms with E-state index in [4.69, 9.17) is 11.6 Å². The summed E-state index contributed by atoms with van der Waals surface area (Å²) in [7, 11) is 0.